The lowest BCUT2D eigenvalue weighted by atomic mass is 9.93. The van der Waals surface area contributed by atoms with Crippen molar-refractivity contribution in [1.82, 2.24) is 24.6 Å². The summed E-state index contributed by atoms with van der Waals surface area (Å²) in [5.74, 6) is 1.48. The van der Waals surface area contributed by atoms with Gasteiger partial charge in [0.05, 0.1) is 64.6 Å². The van der Waals surface area contributed by atoms with E-state index in [2.05, 4.69) is 73.4 Å². The van der Waals surface area contributed by atoms with Crippen LogP contribution in [0, 0.1) is 19.8 Å². The average molecular weight is 787 g/mol. The Balaban J connectivity index is 1.04. The molecule has 2 saturated heterocycles. The van der Waals surface area contributed by atoms with Crippen LogP contribution in [0.15, 0.2) is 41.5 Å². The number of rotatable bonds is 22. The normalized spacial score (nSPS) is 17.9. The number of benzene rings is 1. The molecule has 5 heterocycles. The summed E-state index contributed by atoms with van der Waals surface area (Å²) >= 11 is 0. The maximum atomic E-state index is 12.9. The van der Waals surface area contributed by atoms with Gasteiger partial charge in [0, 0.05) is 86.8 Å². The van der Waals surface area contributed by atoms with Gasteiger partial charge in [-0.1, -0.05) is 11.2 Å². The van der Waals surface area contributed by atoms with Crippen molar-refractivity contribution in [2.24, 2.45) is 11.0 Å². The molecule has 2 atom stereocenters. The Labute approximate surface area is 337 Å². The number of fused-ring (bicyclic) bond motifs is 1. The van der Waals surface area contributed by atoms with Crippen molar-refractivity contribution in [2.75, 3.05) is 122 Å². The van der Waals surface area contributed by atoms with Crippen molar-refractivity contribution in [2.45, 2.75) is 58.3 Å². The number of ether oxygens (including phenoxy) is 4. The van der Waals surface area contributed by atoms with Crippen LogP contribution in [-0.4, -0.2) is 143 Å². The summed E-state index contributed by atoms with van der Waals surface area (Å²) in [6.07, 6.45) is 5.88. The van der Waals surface area contributed by atoms with Gasteiger partial charge in [0.2, 0.25) is 0 Å². The summed E-state index contributed by atoms with van der Waals surface area (Å²) in [5, 5.41) is 11.8. The molecule has 3 aliphatic heterocycles. The topological polar surface area (TPSA) is 155 Å². The Morgan fingerprint density at radius 2 is 1.74 bits per heavy atom. The van der Waals surface area contributed by atoms with Crippen LogP contribution in [0.4, 0.5) is 11.5 Å². The summed E-state index contributed by atoms with van der Waals surface area (Å²) in [6, 6.07) is 13.4. The fourth-order valence-corrected chi connectivity index (χ4v) is 8.22. The highest BCUT2D eigenvalue weighted by atomic mass is 16.5. The molecular formula is C42H62N10O5. The highest BCUT2D eigenvalue weighted by Crippen LogP contribution is 2.33. The summed E-state index contributed by atoms with van der Waals surface area (Å²) in [7, 11) is 1.49. The van der Waals surface area contributed by atoms with E-state index in [0.717, 1.165) is 119 Å². The molecule has 0 spiro atoms. The lowest BCUT2D eigenvalue weighted by molar-refractivity contribution is -0.141. The number of likely N-dealkylation sites (tertiary alicyclic amines) is 1. The zero-order valence-electron chi connectivity index (χ0n) is 34.2. The number of anilines is 2. The van der Waals surface area contributed by atoms with E-state index < -0.39 is 0 Å². The van der Waals surface area contributed by atoms with E-state index in [1.807, 2.05) is 11.6 Å². The smallest absolute Gasteiger partial charge is 0.306 e. The maximum absolute atomic E-state index is 12.9. The van der Waals surface area contributed by atoms with Gasteiger partial charge in [0.1, 0.15) is 5.82 Å². The fraction of sp³-hybridized carbons (Fsp3) is 0.643. The molecule has 310 valence electrons. The van der Waals surface area contributed by atoms with Crippen molar-refractivity contribution in [3.05, 3.63) is 75.0 Å². The molecule has 0 bridgehead atoms. The number of piperazine rings is 1. The highest BCUT2D eigenvalue weighted by Gasteiger charge is 2.28. The lowest BCUT2D eigenvalue weighted by Crippen LogP contribution is -2.47. The van der Waals surface area contributed by atoms with Crippen LogP contribution >= 0.6 is 0 Å². The largest absolute Gasteiger partial charge is 0.469 e. The van der Waals surface area contributed by atoms with Crippen LogP contribution in [-0.2, 0) is 36.6 Å². The van der Waals surface area contributed by atoms with Crippen molar-refractivity contribution < 1.29 is 23.7 Å². The van der Waals surface area contributed by atoms with Crippen LogP contribution in [0.25, 0.3) is 16.1 Å². The van der Waals surface area contributed by atoms with Crippen LogP contribution in [0.5, 0.6) is 0 Å². The molecule has 1 N–H and O–H groups in total. The number of aryl methyl sites for hydroxylation is 4. The fourth-order valence-electron chi connectivity index (χ4n) is 8.22. The zero-order chi connectivity index (χ0) is 39.8. The second kappa shape index (κ2) is 22.1. The van der Waals surface area contributed by atoms with Gasteiger partial charge in [-0.15, -0.1) is 0 Å². The molecule has 0 unspecified atom stereocenters. The van der Waals surface area contributed by atoms with Crippen molar-refractivity contribution >= 4 is 17.5 Å². The first kappa shape index (κ1) is 42.4. The number of pyridine rings is 1. The van der Waals surface area contributed by atoms with Crippen LogP contribution in [0.2, 0.25) is 0 Å². The first-order valence-corrected chi connectivity index (χ1v) is 20.8. The Morgan fingerprint density at radius 1 is 0.965 bits per heavy atom. The van der Waals surface area contributed by atoms with Gasteiger partial charge in [-0.05, 0) is 105 Å². The summed E-state index contributed by atoms with van der Waals surface area (Å²) in [4.78, 5) is 28.0. The minimum Gasteiger partial charge on any atom is -0.469 e. The quantitative estimate of drug-likeness (QED) is 0.0463. The van der Waals surface area contributed by atoms with Crippen LogP contribution in [0.1, 0.15) is 59.8 Å². The third-order valence-corrected chi connectivity index (χ3v) is 11.3. The number of methoxy groups -OCH3 is 1. The molecule has 0 saturated carbocycles. The van der Waals surface area contributed by atoms with E-state index in [-0.39, 0.29) is 11.9 Å². The predicted molar refractivity (Wildman–Crippen MR) is 221 cm³/mol. The number of hydrogen-bond donors (Lipinski definition) is 1. The number of carbonyl (C=O) groups is 1. The predicted octanol–water partition coefficient (Wildman–Crippen LogP) is 5.33. The monoisotopic (exact) mass is 786 g/mol. The number of aromatic nitrogens is 3. The summed E-state index contributed by atoms with van der Waals surface area (Å²) < 4.78 is 24.1. The van der Waals surface area contributed by atoms with E-state index in [0.29, 0.717) is 58.5 Å². The third kappa shape index (κ3) is 12.9. The van der Waals surface area contributed by atoms with E-state index in [1.54, 1.807) is 0 Å². The Bertz CT molecular complexity index is 1770. The van der Waals surface area contributed by atoms with Gasteiger partial charge >= 0.3 is 5.97 Å². The molecule has 2 fully saturated rings. The molecule has 1 aromatic carbocycles. The van der Waals surface area contributed by atoms with E-state index in [4.69, 9.17) is 34.6 Å². The second-order valence-electron chi connectivity index (χ2n) is 15.5. The minimum absolute atomic E-state index is 0.0145. The molecule has 15 heteroatoms. The molecule has 0 radical (unpaired) electrons. The molecule has 2 aromatic heterocycles. The summed E-state index contributed by atoms with van der Waals surface area (Å²) in [6.45, 7) is 15.9. The highest BCUT2D eigenvalue weighted by molar-refractivity contribution is 5.71. The van der Waals surface area contributed by atoms with E-state index in [9.17, 15) is 4.79 Å². The van der Waals surface area contributed by atoms with Crippen LogP contribution in [0.3, 0.4) is 0 Å². The average Bonchev–Trinajstić information content (AvgIpc) is 3.84. The molecule has 15 nitrogen and oxygen atoms in total. The van der Waals surface area contributed by atoms with Crippen LogP contribution < -0.4 is 10.2 Å². The standard InChI is InChI=1S/C42H62N10O5/c1-32-25-33(2)52(47-32)40-27-36(26-39(29-40)51-16-14-49(15-17-51)18-20-56-22-24-57-23-21-55-19-12-45-48-43)37(28-41(53)54-3)31-50-13-10-34(30-50)6-8-38-9-7-35-5-4-11-44-42(35)46-38/h7,9,25-27,29,34,37H,4-6,8,10-24,28,30-31H2,1-3H3,(H,44,46)/t34-,37+/m1/s1. The Hall–Kier alpha value is -4.24. The third-order valence-electron chi connectivity index (χ3n) is 11.3. The minimum atomic E-state index is -0.184. The molecule has 0 amide bonds. The molecule has 3 aromatic rings. The van der Waals surface area contributed by atoms with Gasteiger partial charge in [-0.3, -0.25) is 9.69 Å². The first-order valence-electron chi connectivity index (χ1n) is 20.8. The van der Waals surface area contributed by atoms with Crippen molar-refractivity contribution in [3.63, 3.8) is 0 Å². The molecule has 3 aliphatic rings. The Morgan fingerprint density at radius 3 is 2.49 bits per heavy atom. The van der Waals surface area contributed by atoms with Crippen molar-refractivity contribution in [3.8, 4) is 5.69 Å². The zero-order valence-corrected chi connectivity index (χ0v) is 34.2. The van der Waals surface area contributed by atoms with Gasteiger partial charge < -0.3 is 34.1 Å². The first-order chi connectivity index (χ1) is 27.9. The number of nitrogens with zero attached hydrogens (tertiary/aromatic N) is 9. The molecule has 6 rings (SSSR count). The number of nitrogens with one attached hydrogen (secondary N) is 1. The number of azide groups is 1. The molecule has 57 heavy (non-hydrogen) atoms. The number of hydrogen-bond acceptors (Lipinski definition) is 12. The van der Waals surface area contributed by atoms with Gasteiger partial charge in [0.25, 0.3) is 0 Å². The number of carbonyl (C=O) groups excluding carboxylic acids is 1. The number of esters is 1. The SMILES string of the molecule is COC(=O)C[C@@H](CN1CC[C@@H](CCc2ccc3c(n2)NCCC3)C1)c1cc(N2CCN(CCOCCOCCOCCN=[N+]=[N-])CC2)cc(-n2nc(C)cc2C)c1. The summed E-state index contributed by atoms with van der Waals surface area (Å²) in [5.41, 5.74) is 16.2. The van der Waals surface area contributed by atoms with Gasteiger partial charge in [0.15, 0.2) is 0 Å². The van der Waals surface area contributed by atoms with E-state index in [1.165, 1.54) is 24.8 Å². The van der Waals surface area contributed by atoms with Crippen molar-refractivity contribution in [1.29, 1.82) is 0 Å². The second-order valence-corrected chi connectivity index (χ2v) is 15.5. The molecular weight excluding hydrogens is 725 g/mol. The maximum Gasteiger partial charge on any atom is 0.306 e. The molecule has 0 aliphatic carbocycles. The Kier molecular flexibility index (Phi) is 16.4. The van der Waals surface area contributed by atoms with Gasteiger partial charge in [-0.25, -0.2) is 9.67 Å². The van der Waals surface area contributed by atoms with E-state index >= 15 is 0 Å². The van der Waals surface area contributed by atoms with Gasteiger partial charge in [-0.2, -0.15) is 5.10 Å². The lowest BCUT2D eigenvalue weighted by Gasteiger charge is -2.36.